The molecule has 4 unspecified atom stereocenters. The summed E-state index contributed by atoms with van der Waals surface area (Å²) in [4.78, 5) is 13.2. The van der Waals surface area contributed by atoms with Crippen LogP contribution in [0.2, 0.25) is 0 Å². The molecule has 3 nitrogen and oxygen atoms in total. The van der Waals surface area contributed by atoms with Gasteiger partial charge in [-0.1, -0.05) is 70.2 Å². The number of ether oxygens (including phenoxy) is 1. The number of carbonyl (C=O) groups excluding carboxylic acids is 1. The highest BCUT2D eigenvalue weighted by molar-refractivity contribution is 5.79. The Labute approximate surface area is 208 Å². The van der Waals surface area contributed by atoms with Gasteiger partial charge in [0, 0.05) is 12.0 Å². The SMILES string of the molecule is CC1CC2CC(C=C[C@@](C)(CCc3ccccc3)O2)CC1NC(=O)C1CCC(C(C)(C)C)CC1. The summed E-state index contributed by atoms with van der Waals surface area (Å²) < 4.78 is 6.76. The number of allylic oxidation sites excluding steroid dienone is 1. The van der Waals surface area contributed by atoms with Crippen molar-refractivity contribution in [2.45, 2.75) is 110 Å². The van der Waals surface area contributed by atoms with Gasteiger partial charge in [0.05, 0.1) is 11.7 Å². The zero-order valence-electron chi connectivity index (χ0n) is 22.2. The van der Waals surface area contributed by atoms with Crippen LogP contribution < -0.4 is 5.32 Å². The first-order valence-corrected chi connectivity index (χ1v) is 13.8. The van der Waals surface area contributed by atoms with Gasteiger partial charge in [-0.3, -0.25) is 4.79 Å². The molecule has 0 aromatic heterocycles. The van der Waals surface area contributed by atoms with Crippen LogP contribution in [-0.4, -0.2) is 23.7 Å². The molecule has 1 heterocycles. The van der Waals surface area contributed by atoms with Gasteiger partial charge in [0.1, 0.15) is 0 Å². The minimum atomic E-state index is -0.212. The molecule has 34 heavy (non-hydrogen) atoms. The summed E-state index contributed by atoms with van der Waals surface area (Å²) in [6.07, 6.45) is 14.6. The van der Waals surface area contributed by atoms with Crippen LogP contribution in [0, 0.1) is 29.1 Å². The molecule has 1 N–H and O–H groups in total. The number of aryl methyl sites for hydroxylation is 1. The van der Waals surface area contributed by atoms with Crippen molar-refractivity contribution in [1.29, 1.82) is 0 Å². The van der Waals surface area contributed by atoms with Crippen molar-refractivity contribution in [2.75, 3.05) is 0 Å². The number of hydrogen-bond donors (Lipinski definition) is 1. The Morgan fingerprint density at radius 1 is 1.06 bits per heavy atom. The minimum Gasteiger partial charge on any atom is -0.368 e. The molecule has 188 valence electrons. The molecule has 1 aromatic rings. The van der Waals surface area contributed by atoms with Crippen LogP contribution in [0.4, 0.5) is 0 Å². The number of rotatable bonds is 5. The summed E-state index contributed by atoms with van der Waals surface area (Å²) in [7, 11) is 0. The van der Waals surface area contributed by atoms with E-state index in [4.69, 9.17) is 4.74 Å². The number of carbonyl (C=O) groups is 1. The van der Waals surface area contributed by atoms with Crippen molar-refractivity contribution >= 4 is 5.91 Å². The normalized spacial score (nSPS) is 36.4. The monoisotopic (exact) mass is 465 g/mol. The second-order valence-corrected chi connectivity index (χ2v) is 12.9. The number of hydrogen-bond acceptors (Lipinski definition) is 2. The van der Waals surface area contributed by atoms with E-state index >= 15 is 0 Å². The first-order valence-electron chi connectivity index (χ1n) is 13.8. The van der Waals surface area contributed by atoms with Crippen LogP contribution >= 0.6 is 0 Å². The Morgan fingerprint density at radius 3 is 2.44 bits per heavy atom. The van der Waals surface area contributed by atoms with Crippen LogP contribution in [0.15, 0.2) is 42.5 Å². The molecule has 4 rings (SSSR count). The molecule has 3 heteroatoms. The van der Waals surface area contributed by atoms with Crippen molar-refractivity contribution in [3.05, 3.63) is 48.0 Å². The van der Waals surface area contributed by atoms with Gasteiger partial charge < -0.3 is 10.1 Å². The molecule has 0 radical (unpaired) electrons. The van der Waals surface area contributed by atoms with Gasteiger partial charge in [-0.05, 0) is 93.4 Å². The van der Waals surface area contributed by atoms with E-state index in [0.29, 0.717) is 23.2 Å². The van der Waals surface area contributed by atoms with Gasteiger partial charge in [-0.15, -0.1) is 0 Å². The average Bonchev–Trinajstić information content (AvgIpc) is 3.05. The number of benzene rings is 1. The van der Waals surface area contributed by atoms with E-state index < -0.39 is 0 Å². The fourth-order valence-corrected chi connectivity index (χ4v) is 6.58. The van der Waals surface area contributed by atoms with E-state index in [9.17, 15) is 4.79 Å². The van der Waals surface area contributed by atoms with Gasteiger partial charge in [0.2, 0.25) is 5.91 Å². The van der Waals surface area contributed by atoms with Gasteiger partial charge in [-0.2, -0.15) is 0 Å². The Balaban J connectivity index is 1.34. The Morgan fingerprint density at radius 2 is 1.76 bits per heavy atom. The average molecular weight is 466 g/mol. The zero-order valence-corrected chi connectivity index (χ0v) is 22.2. The van der Waals surface area contributed by atoms with E-state index in [2.05, 4.69) is 82.4 Å². The standard InChI is InChI=1S/C31H47NO2/c1-22-19-27-20-24(16-18-31(5,34-27)17-15-23-9-7-6-8-10-23)21-28(22)32-29(33)25-11-13-26(14-12-25)30(2,3)4/h6-10,16,18,22,24-28H,11-15,17,19-21H2,1-5H3,(H,32,33)/t22?,24?,25?,26?,27?,28?,31-/m1/s1. The first-order chi connectivity index (χ1) is 16.1. The fourth-order valence-electron chi connectivity index (χ4n) is 6.58. The predicted octanol–water partition coefficient (Wildman–Crippen LogP) is 7.11. The largest absolute Gasteiger partial charge is 0.368 e. The third-order valence-electron chi connectivity index (χ3n) is 9.00. The Bertz CT molecular complexity index is 833. The van der Waals surface area contributed by atoms with Crippen LogP contribution in [0.25, 0.3) is 0 Å². The van der Waals surface area contributed by atoms with E-state index in [-0.39, 0.29) is 23.7 Å². The summed E-state index contributed by atoms with van der Waals surface area (Å²) in [5, 5.41) is 3.50. The Hall–Kier alpha value is -1.61. The van der Waals surface area contributed by atoms with E-state index in [1.165, 1.54) is 18.4 Å². The quantitative estimate of drug-likeness (QED) is 0.471. The van der Waals surface area contributed by atoms with E-state index in [0.717, 1.165) is 50.9 Å². The summed E-state index contributed by atoms with van der Waals surface area (Å²) >= 11 is 0. The third-order valence-corrected chi connectivity index (χ3v) is 9.00. The van der Waals surface area contributed by atoms with Crippen molar-refractivity contribution in [3.63, 3.8) is 0 Å². The van der Waals surface area contributed by atoms with Crippen molar-refractivity contribution < 1.29 is 9.53 Å². The lowest BCUT2D eigenvalue weighted by Gasteiger charge is -2.37. The predicted molar refractivity (Wildman–Crippen MR) is 141 cm³/mol. The highest BCUT2D eigenvalue weighted by Crippen LogP contribution is 2.41. The van der Waals surface area contributed by atoms with Crippen molar-refractivity contribution in [1.82, 2.24) is 5.32 Å². The maximum Gasteiger partial charge on any atom is 0.223 e. The zero-order chi connectivity index (χ0) is 24.3. The smallest absolute Gasteiger partial charge is 0.223 e. The van der Waals surface area contributed by atoms with Crippen LogP contribution in [-0.2, 0) is 16.0 Å². The lowest BCUT2D eigenvalue weighted by molar-refractivity contribution is -0.127. The molecule has 2 saturated carbocycles. The number of fused-ring (bicyclic) bond motifs is 2. The van der Waals surface area contributed by atoms with Gasteiger partial charge in [0.15, 0.2) is 0 Å². The summed E-state index contributed by atoms with van der Waals surface area (Å²) in [5.74, 6) is 2.17. The Kier molecular flexibility index (Phi) is 7.92. The van der Waals surface area contributed by atoms with E-state index in [1.807, 2.05) is 0 Å². The summed E-state index contributed by atoms with van der Waals surface area (Å²) in [5.41, 5.74) is 1.52. The van der Waals surface area contributed by atoms with Crippen LogP contribution in [0.3, 0.4) is 0 Å². The van der Waals surface area contributed by atoms with Crippen LogP contribution in [0.5, 0.6) is 0 Å². The molecule has 1 amide bonds. The second-order valence-electron chi connectivity index (χ2n) is 12.9. The number of nitrogens with one attached hydrogen (secondary N) is 1. The third kappa shape index (κ3) is 6.53. The summed E-state index contributed by atoms with van der Waals surface area (Å²) in [6, 6.07) is 11.0. The molecular formula is C31H47NO2. The molecule has 0 spiro atoms. The molecule has 2 bridgehead atoms. The molecule has 5 atom stereocenters. The van der Waals surface area contributed by atoms with E-state index in [1.54, 1.807) is 0 Å². The van der Waals surface area contributed by atoms with Crippen LogP contribution in [0.1, 0.15) is 91.5 Å². The van der Waals surface area contributed by atoms with Crippen molar-refractivity contribution in [2.24, 2.45) is 29.1 Å². The van der Waals surface area contributed by atoms with Crippen molar-refractivity contribution in [3.8, 4) is 0 Å². The topological polar surface area (TPSA) is 38.3 Å². The molecule has 0 saturated heterocycles. The molecule has 3 aliphatic rings. The molecule has 1 aromatic carbocycles. The molecule has 2 aliphatic carbocycles. The first kappa shape index (κ1) is 25.5. The highest BCUT2D eigenvalue weighted by atomic mass is 16.5. The number of amides is 1. The highest BCUT2D eigenvalue weighted by Gasteiger charge is 2.38. The van der Waals surface area contributed by atoms with Gasteiger partial charge in [0.25, 0.3) is 0 Å². The van der Waals surface area contributed by atoms with Gasteiger partial charge in [-0.25, -0.2) is 0 Å². The minimum absolute atomic E-state index is 0.198. The molecule has 1 aliphatic heterocycles. The van der Waals surface area contributed by atoms with Gasteiger partial charge >= 0.3 is 0 Å². The lowest BCUT2D eigenvalue weighted by Crippen LogP contribution is -2.44. The fraction of sp³-hybridized carbons (Fsp3) is 0.710. The molecular weight excluding hydrogens is 418 g/mol. The second kappa shape index (κ2) is 10.6. The maximum absolute atomic E-state index is 13.2. The maximum atomic E-state index is 13.2. The lowest BCUT2D eigenvalue weighted by atomic mass is 9.69. The summed E-state index contributed by atoms with van der Waals surface area (Å²) in [6.45, 7) is 11.6. The molecule has 2 fully saturated rings.